The van der Waals surface area contributed by atoms with Crippen LogP contribution in [0.4, 0.5) is 4.79 Å². The number of urea groups is 1. The predicted octanol–water partition coefficient (Wildman–Crippen LogP) is 2.79. The minimum atomic E-state index is -0.919. The molecule has 0 aliphatic carbocycles. The molecular formula is C18H24N2O3. The number of imide groups is 1. The molecule has 1 fully saturated rings. The van der Waals surface area contributed by atoms with E-state index in [1.54, 1.807) is 19.1 Å². The molecule has 1 heterocycles. The zero-order valence-corrected chi connectivity index (χ0v) is 14.2. The minimum Gasteiger partial charge on any atom is -0.323 e. The van der Waals surface area contributed by atoms with Crippen molar-refractivity contribution in [2.75, 3.05) is 6.54 Å². The normalized spacial score (nSPS) is 21.0. The first kappa shape index (κ1) is 17.2. The molecule has 5 nitrogen and oxygen atoms in total. The van der Waals surface area contributed by atoms with Crippen LogP contribution >= 0.6 is 0 Å². The summed E-state index contributed by atoms with van der Waals surface area (Å²) in [5.74, 6) is -0.291. The van der Waals surface area contributed by atoms with Gasteiger partial charge in [-0.25, -0.2) is 4.79 Å². The van der Waals surface area contributed by atoms with Crippen LogP contribution in [0.25, 0.3) is 0 Å². The molecule has 1 saturated heterocycles. The fourth-order valence-corrected chi connectivity index (χ4v) is 3.01. The fourth-order valence-electron chi connectivity index (χ4n) is 3.01. The molecular weight excluding hydrogens is 292 g/mol. The Hall–Kier alpha value is -2.17. The first-order valence-corrected chi connectivity index (χ1v) is 8.03. The van der Waals surface area contributed by atoms with Crippen LogP contribution < -0.4 is 5.32 Å². The van der Waals surface area contributed by atoms with Crippen LogP contribution in [-0.2, 0) is 11.2 Å². The summed E-state index contributed by atoms with van der Waals surface area (Å²) in [6.45, 7) is 7.53. The Morgan fingerprint density at radius 1 is 1.22 bits per heavy atom. The summed E-state index contributed by atoms with van der Waals surface area (Å²) in [7, 11) is 0. The van der Waals surface area contributed by atoms with E-state index in [0.717, 1.165) is 16.9 Å². The maximum Gasteiger partial charge on any atom is 0.325 e. The van der Waals surface area contributed by atoms with E-state index >= 15 is 0 Å². The molecule has 3 amide bonds. The maximum absolute atomic E-state index is 12.5. The van der Waals surface area contributed by atoms with Crippen molar-refractivity contribution in [2.45, 2.75) is 46.1 Å². The summed E-state index contributed by atoms with van der Waals surface area (Å²) < 4.78 is 0. The third-order valence-electron chi connectivity index (χ3n) is 4.15. The molecule has 23 heavy (non-hydrogen) atoms. The summed E-state index contributed by atoms with van der Waals surface area (Å²) in [6.07, 6.45) is 1.45. The number of hydrogen-bond donors (Lipinski definition) is 1. The second-order valence-corrected chi connectivity index (χ2v) is 6.73. The highest BCUT2D eigenvalue weighted by Crippen LogP contribution is 2.25. The summed E-state index contributed by atoms with van der Waals surface area (Å²) in [4.78, 5) is 38.0. The van der Waals surface area contributed by atoms with Gasteiger partial charge in [0.05, 0.1) is 6.54 Å². The lowest BCUT2D eigenvalue weighted by molar-refractivity contribution is -0.131. The van der Waals surface area contributed by atoms with Crippen molar-refractivity contribution in [2.24, 2.45) is 5.92 Å². The van der Waals surface area contributed by atoms with Gasteiger partial charge in [0.1, 0.15) is 5.54 Å². The topological polar surface area (TPSA) is 66.5 Å². The smallest absolute Gasteiger partial charge is 0.323 e. The molecule has 0 bridgehead atoms. The lowest BCUT2D eigenvalue weighted by Crippen LogP contribution is -2.45. The molecule has 1 aliphatic heterocycles. The predicted molar refractivity (Wildman–Crippen MR) is 88.3 cm³/mol. The lowest BCUT2D eigenvalue weighted by atomic mass is 9.91. The summed E-state index contributed by atoms with van der Waals surface area (Å²) in [5.41, 5.74) is 0.735. The number of carbonyl (C=O) groups is 3. The highest BCUT2D eigenvalue weighted by Gasteiger charge is 2.48. The van der Waals surface area contributed by atoms with Crippen LogP contribution in [0.1, 0.15) is 50.0 Å². The number of nitrogens with one attached hydrogen (secondary N) is 1. The molecule has 0 aromatic heterocycles. The summed E-state index contributed by atoms with van der Waals surface area (Å²) in [6, 6.07) is 6.78. The lowest BCUT2D eigenvalue weighted by Gasteiger charge is -2.23. The van der Waals surface area contributed by atoms with Crippen molar-refractivity contribution in [3.05, 3.63) is 35.4 Å². The Morgan fingerprint density at radius 3 is 2.35 bits per heavy atom. The van der Waals surface area contributed by atoms with Crippen molar-refractivity contribution in [3.8, 4) is 0 Å². The summed E-state index contributed by atoms with van der Waals surface area (Å²) in [5, 5.41) is 2.72. The molecule has 1 aliphatic rings. The van der Waals surface area contributed by atoms with E-state index in [4.69, 9.17) is 0 Å². The van der Waals surface area contributed by atoms with Gasteiger partial charge in [-0.2, -0.15) is 0 Å². The second-order valence-electron chi connectivity index (χ2n) is 6.73. The average molecular weight is 316 g/mol. The van der Waals surface area contributed by atoms with Crippen LogP contribution in [0.3, 0.4) is 0 Å². The van der Waals surface area contributed by atoms with Crippen LogP contribution in [0.15, 0.2) is 24.3 Å². The van der Waals surface area contributed by atoms with Crippen molar-refractivity contribution in [1.29, 1.82) is 0 Å². The quantitative estimate of drug-likeness (QED) is 0.648. The maximum atomic E-state index is 12.5. The first-order chi connectivity index (χ1) is 10.8. The van der Waals surface area contributed by atoms with E-state index < -0.39 is 11.6 Å². The number of aryl methyl sites for hydroxylation is 1. The zero-order chi connectivity index (χ0) is 17.2. The Kier molecular flexibility index (Phi) is 4.88. The van der Waals surface area contributed by atoms with E-state index in [-0.39, 0.29) is 24.2 Å². The minimum absolute atomic E-state index is 0.218. The van der Waals surface area contributed by atoms with E-state index in [1.807, 2.05) is 32.9 Å². The average Bonchev–Trinajstić information content (AvgIpc) is 2.69. The third-order valence-corrected chi connectivity index (χ3v) is 4.15. The molecule has 1 atom stereocenters. The Morgan fingerprint density at radius 2 is 1.83 bits per heavy atom. The Bertz CT molecular complexity index is 622. The molecule has 124 valence electrons. The number of nitrogens with zero attached hydrogens (tertiary/aromatic N) is 1. The highest BCUT2D eigenvalue weighted by molar-refractivity contribution is 6.11. The summed E-state index contributed by atoms with van der Waals surface area (Å²) >= 11 is 0. The van der Waals surface area contributed by atoms with Gasteiger partial charge >= 0.3 is 6.03 Å². The van der Waals surface area contributed by atoms with Gasteiger partial charge in [0.2, 0.25) is 0 Å². The SMILES string of the molecule is CCc1ccc(C(=O)CN2C(=O)N[C@@](C)(CC(C)C)C2=O)cc1. The van der Waals surface area contributed by atoms with Crippen molar-refractivity contribution in [3.63, 3.8) is 0 Å². The van der Waals surface area contributed by atoms with Crippen LogP contribution in [0.2, 0.25) is 0 Å². The van der Waals surface area contributed by atoms with Crippen LogP contribution in [-0.4, -0.2) is 34.7 Å². The van der Waals surface area contributed by atoms with Crippen LogP contribution in [0, 0.1) is 5.92 Å². The molecule has 1 aromatic carbocycles. The number of carbonyl (C=O) groups excluding carboxylic acids is 3. The number of Topliss-reactive ketones (excluding diaryl/α,β-unsaturated/α-hetero) is 1. The first-order valence-electron chi connectivity index (χ1n) is 8.03. The van der Waals surface area contributed by atoms with Crippen molar-refractivity contribution < 1.29 is 14.4 Å². The Balaban J connectivity index is 2.11. The molecule has 1 aromatic rings. The van der Waals surface area contributed by atoms with E-state index in [1.165, 1.54) is 0 Å². The number of ketones is 1. The second kappa shape index (κ2) is 6.52. The van der Waals surface area contributed by atoms with Gasteiger partial charge in [0.25, 0.3) is 5.91 Å². The van der Waals surface area contributed by atoms with Crippen LogP contribution in [0.5, 0.6) is 0 Å². The zero-order valence-electron chi connectivity index (χ0n) is 14.2. The molecule has 0 saturated carbocycles. The monoisotopic (exact) mass is 316 g/mol. The van der Waals surface area contributed by atoms with E-state index in [9.17, 15) is 14.4 Å². The number of benzene rings is 1. The standard InChI is InChI=1S/C18H24N2O3/c1-5-13-6-8-14(9-7-13)15(21)11-20-16(22)18(4,10-12(2)3)19-17(20)23/h6-9,12H,5,10-11H2,1-4H3,(H,19,23)/t18-/m0/s1. The van der Waals surface area contributed by atoms with Gasteiger partial charge in [0, 0.05) is 5.56 Å². The number of amides is 3. The molecule has 2 rings (SSSR count). The van der Waals surface area contributed by atoms with Gasteiger partial charge in [-0.3, -0.25) is 14.5 Å². The van der Waals surface area contributed by atoms with Crippen molar-refractivity contribution >= 4 is 17.7 Å². The van der Waals surface area contributed by atoms with Gasteiger partial charge in [-0.05, 0) is 31.2 Å². The van der Waals surface area contributed by atoms with Gasteiger partial charge in [0.15, 0.2) is 5.78 Å². The number of hydrogen-bond acceptors (Lipinski definition) is 3. The molecule has 0 radical (unpaired) electrons. The van der Waals surface area contributed by atoms with E-state index in [0.29, 0.717) is 12.0 Å². The van der Waals surface area contributed by atoms with Gasteiger partial charge in [-0.15, -0.1) is 0 Å². The molecule has 5 heteroatoms. The number of rotatable bonds is 6. The largest absolute Gasteiger partial charge is 0.325 e. The van der Waals surface area contributed by atoms with E-state index in [2.05, 4.69) is 5.32 Å². The van der Waals surface area contributed by atoms with Crippen molar-refractivity contribution in [1.82, 2.24) is 10.2 Å². The molecule has 0 unspecified atom stereocenters. The van der Waals surface area contributed by atoms with Gasteiger partial charge < -0.3 is 5.32 Å². The molecule has 1 N–H and O–H groups in total. The molecule has 0 spiro atoms. The highest BCUT2D eigenvalue weighted by atomic mass is 16.2. The Labute approximate surface area is 137 Å². The fraction of sp³-hybridized carbons (Fsp3) is 0.500. The van der Waals surface area contributed by atoms with Gasteiger partial charge in [-0.1, -0.05) is 45.0 Å². The third kappa shape index (κ3) is 3.60.